The van der Waals surface area contributed by atoms with Gasteiger partial charge in [0.05, 0.1) is 12.1 Å². The Kier molecular flexibility index (Phi) is 9.21. The molecule has 0 radical (unpaired) electrons. The van der Waals surface area contributed by atoms with Crippen molar-refractivity contribution in [3.8, 4) is 6.07 Å². The first kappa shape index (κ1) is 15.4. The van der Waals surface area contributed by atoms with Crippen LogP contribution in [0, 0.1) is 11.3 Å². The van der Waals surface area contributed by atoms with Gasteiger partial charge in [-0.1, -0.05) is 6.92 Å². The number of hydrogen-bond acceptors (Lipinski definition) is 4. The monoisotopic (exact) mass is 226 g/mol. The summed E-state index contributed by atoms with van der Waals surface area (Å²) in [5.74, 6) is 0. The Morgan fingerprint density at radius 2 is 1.88 bits per heavy atom. The van der Waals surface area contributed by atoms with Gasteiger partial charge in [-0.2, -0.15) is 5.26 Å². The van der Waals surface area contributed by atoms with Gasteiger partial charge in [-0.25, -0.2) is 0 Å². The fraction of sp³-hybridized carbons (Fsp3) is 0.917. The van der Waals surface area contributed by atoms with Crippen LogP contribution in [0.15, 0.2) is 0 Å². The van der Waals surface area contributed by atoms with E-state index in [1.54, 1.807) is 0 Å². The first-order valence-corrected chi connectivity index (χ1v) is 6.06. The molecule has 1 unspecified atom stereocenters. The van der Waals surface area contributed by atoms with Crippen molar-refractivity contribution in [1.29, 1.82) is 5.26 Å². The van der Waals surface area contributed by atoms with Crippen molar-refractivity contribution < 1.29 is 0 Å². The van der Waals surface area contributed by atoms with E-state index in [9.17, 15) is 0 Å². The highest BCUT2D eigenvalue weighted by Crippen LogP contribution is 1.95. The molecule has 16 heavy (non-hydrogen) atoms. The molecule has 0 saturated heterocycles. The maximum atomic E-state index is 8.88. The summed E-state index contributed by atoms with van der Waals surface area (Å²) < 4.78 is 0. The molecule has 0 amide bonds. The van der Waals surface area contributed by atoms with Crippen molar-refractivity contribution in [2.45, 2.75) is 25.8 Å². The summed E-state index contributed by atoms with van der Waals surface area (Å²) in [4.78, 5) is 4.50. The second kappa shape index (κ2) is 9.59. The lowest BCUT2D eigenvalue weighted by atomic mass is 10.2. The molecule has 0 aromatic rings. The van der Waals surface area contributed by atoms with Gasteiger partial charge in [-0.15, -0.1) is 0 Å². The predicted molar refractivity (Wildman–Crippen MR) is 68.4 cm³/mol. The Morgan fingerprint density at radius 1 is 1.19 bits per heavy atom. The molecule has 0 rings (SSSR count). The smallest absolute Gasteiger partial charge is 0.0965 e. The largest absolute Gasteiger partial charge is 0.309 e. The zero-order chi connectivity index (χ0) is 12.4. The van der Waals surface area contributed by atoms with Crippen LogP contribution in [0.1, 0.15) is 19.8 Å². The summed E-state index contributed by atoms with van der Waals surface area (Å²) >= 11 is 0. The fourth-order valence-electron chi connectivity index (χ4n) is 1.58. The Labute approximate surface area is 100 Å². The van der Waals surface area contributed by atoms with Crippen LogP contribution in [0.2, 0.25) is 0 Å². The Morgan fingerprint density at radius 3 is 2.38 bits per heavy atom. The summed E-state index contributed by atoms with van der Waals surface area (Å²) in [6.45, 7) is 6.11. The zero-order valence-corrected chi connectivity index (χ0v) is 11.2. The molecule has 1 N–H and O–H groups in total. The molecule has 4 heteroatoms. The van der Waals surface area contributed by atoms with Crippen LogP contribution in [0.5, 0.6) is 0 Å². The molecule has 94 valence electrons. The highest BCUT2D eigenvalue weighted by Gasteiger charge is 2.06. The normalized spacial score (nSPS) is 13.1. The third kappa shape index (κ3) is 8.66. The van der Waals surface area contributed by atoms with E-state index in [0.29, 0.717) is 0 Å². The lowest BCUT2D eigenvalue weighted by molar-refractivity contribution is 0.291. The summed E-state index contributed by atoms with van der Waals surface area (Å²) in [7, 11) is 6.31. The van der Waals surface area contributed by atoms with E-state index in [2.05, 4.69) is 42.3 Å². The summed E-state index contributed by atoms with van der Waals surface area (Å²) in [5.41, 5.74) is 0. The van der Waals surface area contributed by atoms with Crippen LogP contribution in [-0.2, 0) is 0 Å². The quantitative estimate of drug-likeness (QED) is 0.630. The molecule has 4 nitrogen and oxygen atoms in total. The van der Waals surface area contributed by atoms with Crippen molar-refractivity contribution in [2.24, 2.45) is 0 Å². The van der Waals surface area contributed by atoms with Gasteiger partial charge in [0.15, 0.2) is 0 Å². The van der Waals surface area contributed by atoms with Gasteiger partial charge >= 0.3 is 0 Å². The first-order valence-electron chi connectivity index (χ1n) is 6.06. The number of hydrogen-bond donors (Lipinski definition) is 1. The standard InChI is InChI=1S/C12H26N4/c1-5-14-12(11-13)7-10-16(4)9-6-8-15(2)3/h12,14H,5-10H2,1-4H3. The lowest BCUT2D eigenvalue weighted by Crippen LogP contribution is -2.32. The van der Waals surface area contributed by atoms with Crippen LogP contribution in [-0.4, -0.2) is 63.2 Å². The number of nitriles is 1. The topological polar surface area (TPSA) is 42.3 Å². The van der Waals surface area contributed by atoms with Crippen molar-refractivity contribution in [1.82, 2.24) is 15.1 Å². The van der Waals surface area contributed by atoms with Gasteiger partial charge in [0, 0.05) is 6.54 Å². The Bertz CT molecular complexity index is 198. The zero-order valence-electron chi connectivity index (χ0n) is 11.2. The van der Waals surface area contributed by atoms with E-state index in [-0.39, 0.29) is 6.04 Å². The van der Waals surface area contributed by atoms with Gasteiger partial charge in [-0.05, 0) is 53.6 Å². The van der Waals surface area contributed by atoms with Crippen LogP contribution in [0.25, 0.3) is 0 Å². The van der Waals surface area contributed by atoms with Crippen molar-refractivity contribution >= 4 is 0 Å². The summed E-state index contributed by atoms with van der Waals surface area (Å²) in [6.07, 6.45) is 2.09. The highest BCUT2D eigenvalue weighted by molar-refractivity contribution is 4.89. The van der Waals surface area contributed by atoms with Gasteiger partial charge in [0.25, 0.3) is 0 Å². The molecule has 0 aliphatic rings. The maximum absolute atomic E-state index is 8.88. The second-order valence-corrected chi connectivity index (χ2v) is 4.49. The minimum atomic E-state index is 0.00120. The van der Waals surface area contributed by atoms with E-state index < -0.39 is 0 Å². The Balaban J connectivity index is 3.55. The molecule has 0 aromatic heterocycles. The van der Waals surface area contributed by atoms with Gasteiger partial charge in [-0.3, -0.25) is 0 Å². The van der Waals surface area contributed by atoms with Gasteiger partial charge < -0.3 is 15.1 Å². The fourth-order valence-corrected chi connectivity index (χ4v) is 1.58. The van der Waals surface area contributed by atoms with Crippen LogP contribution >= 0.6 is 0 Å². The van der Waals surface area contributed by atoms with Crippen LogP contribution < -0.4 is 5.32 Å². The van der Waals surface area contributed by atoms with Crippen molar-refractivity contribution in [2.75, 3.05) is 47.3 Å². The second-order valence-electron chi connectivity index (χ2n) is 4.49. The minimum absolute atomic E-state index is 0.00120. The number of nitrogens with zero attached hydrogens (tertiary/aromatic N) is 3. The average molecular weight is 226 g/mol. The minimum Gasteiger partial charge on any atom is -0.309 e. The van der Waals surface area contributed by atoms with E-state index in [1.807, 2.05) is 6.92 Å². The van der Waals surface area contributed by atoms with E-state index in [1.165, 1.54) is 6.42 Å². The molecule has 0 aliphatic heterocycles. The van der Waals surface area contributed by atoms with Crippen molar-refractivity contribution in [3.63, 3.8) is 0 Å². The lowest BCUT2D eigenvalue weighted by Gasteiger charge is -2.19. The SMILES string of the molecule is CCNC(C#N)CCN(C)CCCN(C)C. The molecular formula is C12H26N4. The molecule has 0 bridgehead atoms. The molecule has 0 aliphatic carbocycles. The molecule has 0 saturated carbocycles. The molecule has 0 heterocycles. The average Bonchev–Trinajstić information content (AvgIpc) is 2.23. The van der Waals surface area contributed by atoms with Crippen LogP contribution in [0.4, 0.5) is 0 Å². The van der Waals surface area contributed by atoms with Crippen molar-refractivity contribution in [3.05, 3.63) is 0 Å². The summed E-state index contributed by atoms with van der Waals surface area (Å²) in [5, 5.41) is 12.0. The van der Waals surface area contributed by atoms with E-state index >= 15 is 0 Å². The number of nitrogens with one attached hydrogen (secondary N) is 1. The third-order valence-corrected chi connectivity index (χ3v) is 2.55. The van der Waals surface area contributed by atoms with Crippen LogP contribution in [0.3, 0.4) is 0 Å². The van der Waals surface area contributed by atoms with E-state index in [4.69, 9.17) is 5.26 Å². The summed E-state index contributed by atoms with van der Waals surface area (Å²) in [6, 6.07) is 2.29. The Hall–Kier alpha value is -0.630. The van der Waals surface area contributed by atoms with Gasteiger partial charge in [0.2, 0.25) is 0 Å². The maximum Gasteiger partial charge on any atom is 0.0965 e. The first-order chi connectivity index (χ1) is 7.60. The molecule has 0 fully saturated rings. The molecular weight excluding hydrogens is 200 g/mol. The molecule has 1 atom stereocenters. The number of rotatable bonds is 9. The predicted octanol–water partition coefficient (Wildman–Crippen LogP) is 0.762. The van der Waals surface area contributed by atoms with E-state index in [0.717, 1.165) is 32.6 Å². The molecule has 0 aromatic carbocycles. The van der Waals surface area contributed by atoms with Gasteiger partial charge in [0.1, 0.15) is 0 Å². The highest BCUT2D eigenvalue weighted by atomic mass is 15.1. The third-order valence-electron chi connectivity index (χ3n) is 2.55. The molecule has 0 spiro atoms.